The molecule has 0 atom stereocenters. The Bertz CT molecular complexity index is 605. The maximum atomic E-state index is 12.6. The van der Waals surface area contributed by atoms with E-state index in [1.54, 1.807) is 18.3 Å². The summed E-state index contributed by atoms with van der Waals surface area (Å²) in [4.78, 5) is 6.34. The van der Waals surface area contributed by atoms with E-state index in [9.17, 15) is 26.3 Å². The molecular weight excluding hydrogens is 298 g/mol. The lowest BCUT2D eigenvalue weighted by molar-refractivity contribution is -0.143. The molecule has 2 aromatic rings. The first-order valence-electron chi connectivity index (χ1n) is 5.63. The number of aliphatic imine (C=N–C) groups is 1. The van der Waals surface area contributed by atoms with Gasteiger partial charge in [0, 0.05) is 6.20 Å². The van der Waals surface area contributed by atoms with Crippen molar-refractivity contribution in [2.45, 2.75) is 12.4 Å². The molecule has 1 aromatic carbocycles. The first kappa shape index (κ1) is 15.1. The van der Waals surface area contributed by atoms with Gasteiger partial charge in [0.05, 0.1) is 28.7 Å². The van der Waals surface area contributed by atoms with Crippen LogP contribution in [0.4, 0.5) is 32.0 Å². The van der Waals surface area contributed by atoms with Crippen LogP contribution in [0.3, 0.4) is 0 Å². The van der Waals surface area contributed by atoms with Gasteiger partial charge in [-0.1, -0.05) is 0 Å². The fourth-order valence-corrected chi connectivity index (χ4v) is 1.58. The molecular formula is C13H8F6N2. The van der Waals surface area contributed by atoms with E-state index in [2.05, 4.69) is 9.98 Å². The summed E-state index contributed by atoms with van der Waals surface area (Å²) < 4.78 is 75.7. The molecule has 0 aliphatic carbocycles. The number of H-pyrrole nitrogens is 1. The van der Waals surface area contributed by atoms with Crippen LogP contribution in [0.5, 0.6) is 0 Å². The molecule has 1 N–H and O–H groups in total. The minimum Gasteiger partial charge on any atom is -0.360 e. The average molecular weight is 306 g/mol. The fourth-order valence-electron chi connectivity index (χ4n) is 1.58. The van der Waals surface area contributed by atoms with Gasteiger partial charge >= 0.3 is 12.4 Å². The van der Waals surface area contributed by atoms with Gasteiger partial charge in [-0.2, -0.15) is 26.3 Å². The SMILES string of the molecule is FC(F)(F)c1cc(N=Cc2ccc[nH]2)cc(C(F)(F)F)c1. The van der Waals surface area contributed by atoms with Crippen LogP contribution in [-0.4, -0.2) is 11.2 Å². The van der Waals surface area contributed by atoms with Crippen molar-refractivity contribution in [1.82, 2.24) is 4.98 Å². The van der Waals surface area contributed by atoms with Crippen LogP contribution in [0.15, 0.2) is 41.5 Å². The third kappa shape index (κ3) is 3.87. The van der Waals surface area contributed by atoms with Crippen molar-refractivity contribution in [2.75, 3.05) is 0 Å². The Hall–Kier alpha value is -2.25. The smallest absolute Gasteiger partial charge is 0.360 e. The second-order valence-electron chi connectivity index (χ2n) is 4.15. The number of benzene rings is 1. The van der Waals surface area contributed by atoms with Crippen molar-refractivity contribution in [3.63, 3.8) is 0 Å². The number of nitrogens with zero attached hydrogens (tertiary/aromatic N) is 1. The molecule has 2 nitrogen and oxygen atoms in total. The number of rotatable bonds is 2. The lowest BCUT2D eigenvalue weighted by Gasteiger charge is -2.12. The summed E-state index contributed by atoms with van der Waals surface area (Å²) in [6.07, 6.45) is -7.06. The van der Waals surface area contributed by atoms with E-state index in [1.165, 1.54) is 0 Å². The highest BCUT2D eigenvalue weighted by Crippen LogP contribution is 2.38. The third-order valence-electron chi connectivity index (χ3n) is 2.55. The van der Waals surface area contributed by atoms with Gasteiger partial charge in [0.25, 0.3) is 0 Å². The van der Waals surface area contributed by atoms with Gasteiger partial charge in [-0.3, -0.25) is 4.99 Å². The lowest BCUT2D eigenvalue weighted by Crippen LogP contribution is -2.10. The van der Waals surface area contributed by atoms with Crippen molar-refractivity contribution in [2.24, 2.45) is 4.99 Å². The van der Waals surface area contributed by atoms with Crippen LogP contribution >= 0.6 is 0 Å². The van der Waals surface area contributed by atoms with E-state index in [0.717, 1.165) is 6.21 Å². The zero-order valence-electron chi connectivity index (χ0n) is 10.3. The van der Waals surface area contributed by atoms with E-state index in [1.807, 2.05) is 0 Å². The van der Waals surface area contributed by atoms with Crippen molar-refractivity contribution in [3.8, 4) is 0 Å². The fraction of sp³-hybridized carbons (Fsp3) is 0.154. The van der Waals surface area contributed by atoms with Crippen LogP contribution in [0.2, 0.25) is 0 Å². The Labute approximate surface area is 115 Å². The second kappa shape index (κ2) is 5.27. The quantitative estimate of drug-likeness (QED) is 0.609. The van der Waals surface area contributed by atoms with Crippen LogP contribution in [0, 0.1) is 0 Å². The molecule has 1 heterocycles. The summed E-state index contributed by atoms with van der Waals surface area (Å²) in [6.45, 7) is 0. The van der Waals surface area contributed by atoms with Gasteiger partial charge in [-0.15, -0.1) is 0 Å². The summed E-state index contributed by atoms with van der Waals surface area (Å²) in [7, 11) is 0. The Balaban J connectivity index is 2.45. The van der Waals surface area contributed by atoms with Crippen LogP contribution in [0.1, 0.15) is 16.8 Å². The molecule has 0 saturated carbocycles. The highest BCUT2D eigenvalue weighted by atomic mass is 19.4. The summed E-state index contributed by atoms with van der Waals surface area (Å²) >= 11 is 0. The van der Waals surface area contributed by atoms with Gasteiger partial charge in [0.2, 0.25) is 0 Å². The van der Waals surface area contributed by atoms with Crippen molar-refractivity contribution >= 4 is 11.9 Å². The Morgan fingerprint density at radius 1 is 0.905 bits per heavy atom. The highest BCUT2D eigenvalue weighted by Gasteiger charge is 2.36. The predicted octanol–water partition coefficient (Wildman–Crippen LogP) is 4.80. The second-order valence-corrected chi connectivity index (χ2v) is 4.15. The Kier molecular flexibility index (Phi) is 3.80. The monoisotopic (exact) mass is 306 g/mol. The van der Waals surface area contributed by atoms with Gasteiger partial charge in [0.1, 0.15) is 0 Å². The van der Waals surface area contributed by atoms with Crippen LogP contribution in [-0.2, 0) is 12.4 Å². The van der Waals surface area contributed by atoms with Crippen LogP contribution < -0.4 is 0 Å². The minimum absolute atomic E-state index is 0.0632. The topological polar surface area (TPSA) is 28.1 Å². The molecule has 0 bridgehead atoms. The predicted molar refractivity (Wildman–Crippen MR) is 64.5 cm³/mol. The minimum atomic E-state index is -4.88. The molecule has 0 aliphatic rings. The number of hydrogen-bond donors (Lipinski definition) is 1. The third-order valence-corrected chi connectivity index (χ3v) is 2.55. The molecule has 2 rings (SSSR count). The number of nitrogens with one attached hydrogen (secondary N) is 1. The lowest BCUT2D eigenvalue weighted by atomic mass is 10.1. The number of hydrogen-bond acceptors (Lipinski definition) is 1. The number of alkyl halides is 6. The maximum absolute atomic E-state index is 12.6. The molecule has 21 heavy (non-hydrogen) atoms. The molecule has 8 heteroatoms. The van der Waals surface area contributed by atoms with Crippen LogP contribution in [0.25, 0.3) is 0 Å². The molecule has 0 spiro atoms. The largest absolute Gasteiger partial charge is 0.416 e. The van der Waals surface area contributed by atoms with Crippen molar-refractivity contribution in [1.29, 1.82) is 0 Å². The molecule has 0 saturated heterocycles. The summed E-state index contributed by atoms with van der Waals surface area (Å²) in [5.74, 6) is 0. The van der Waals surface area contributed by atoms with Crippen molar-refractivity contribution in [3.05, 3.63) is 53.3 Å². The van der Waals surface area contributed by atoms with E-state index >= 15 is 0 Å². The first-order valence-corrected chi connectivity index (χ1v) is 5.63. The normalized spacial score (nSPS) is 13.0. The highest BCUT2D eigenvalue weighted by molar-refractivity contribution is 5.79. The zero-order valence-corrected chi connectivity index (χ0v) is 10.3. The molecule has 0 radical (unpaired) electrons. The zero-order chi connectivity index (χ0) is 15.7. The van der Waals surface area contributed by atoms with Gasteiger partial charge in [0.15, 0.2) is 0 Å². The number of aromatic nitrogens is 1. The summed E-state index contributed by atoms with van der Waals surface area (Å²) in [6, 6.07) is 4.38. The maximum Gasteiger partial charge on any atom is 0.416 e. The van der Waals surface area contributed by atoms with Gasteiger partial charge in [-0.25, -0.2) is 0 Å². The summed E-state index contributed by atoms with van der Waals surface area (Å²) in [5, 5.41) is 0. The van der Waals surface area contributed by atoms with E-state index in [4.69, 9.17) is 0 Å². The van der Waals surface area contributed by atoms with Gasteiger partial charge in [-0.05, 0) is 30.3 Å². The number of aromatic amines is 1. The van der Waals surface area contributed by atoms with E-state index in [-0.39, 0.29) is 6.07 Å². The molecule has 1 aromatic heterocycles. The molecule has 0 amide bonds. The standard InChI is InChI=1S/C13H8F6N2/c14-12(15,16)8-4-9(13(17,18)19)6-11(5-8)21-7-10-2-1-3-20-10/h1-7,20H. The van der Waals surface area contributed by atoms with E-state index in [0.29, 0.717) is 17.8 Å². The van der Waals surface area contributed by atoms with Gasteiger partial charge < -0.3 is 4.98 Å². The van der Waals surface area contributed by atoms with Crippen molar-refractivity contribution < 1.29 is 26.3 Å². The molecule has 0 fully saturated rings. The van der Waals surface area contributed by atoms with E-state index < -0.39 is 29.2 Å². The molecule has 0 aliphatic heterocycles. The first-order chi connectivity index (χ1) is 9.66. The number of halogens is 6. The molecule has 112 valence electrons. The summed E-state index contributed by atoms with van der Waals surface area (Å²) in [5.41, 5.74) is -2.75. The molecule has 0 unspecified atom stereocenters. The average Bonchev–Trinajstić information content (AvgIpc) is 2.87. The Morgan fingerprint density at radius 3 is 1.90 bits per heavy atom. The Morgan fingerprint density at radius 2 is 1.48 bits per heavy atom.